The largest absolute Gasteiger partial charge is 0.330 e. The van der Waals surface area contributed by atoms with Crippen LogP contribution in [0.3, 0.4) is 0 Å². The van der Waals surface area contributed by atoms with Crippen LogP contribution >= 0.6 is 0 Å². The first-order chi connectivity index (χ1) is 7.20. The predicted octanol–water partition coefficient (Wildman–Crippen LogP) is 2.83. The summed E-state index contributed by atoms with van der Waals surface area (Å²) < 4.78 is 0. The van der Waals surface area contributed by atoms with E-state index in [0.717, 1.165) is 18.4 Å². The van der Waals surface area contributed by atoms with E-state index < -0.39 is 0 Å². The molecule has 15 heavy (non-hydrogen) atoms. The van der Waals surface area contributed by atoms with Crippen LogP contribution in [0.25, 0.3) is 0 Å². The molecule has 1 aliphatic rings. The molecule has 1 aromatic carbocycles. The number of aryl methyl sites for hydroxylation is 2. The van der Waals surface area contributed by atoms with Gasteiger partial charge in [0.2, 0.25) is 0 Å². The van der Waals surface area contributed by atoms with E-state index in [1.807, 2.05) is 0 Å². The third-order valence-corrected chi connectivity index (χ3v) is 3.86. The van der Waals surface area contributed by atoms with Crippen molar-refractivity contribution in [2.75, 3.05) is 6.54 Å². The van der Waals surface area contributed by atoms with E-state index in [2.05, 4.69) is 32.0 Å². The lowest BCUT2D eigenvalue weighted by Crippen LogP contribution is -2.33. The van der Waals surface area contributed by atoms with Crippen molar-refractivity contribution in [1.82, 2.24) is 0 Å². The lowest BCUT2D eigenvalue weighted by Gasteiger charge is -2.36. The van der Waals surface area contributed by atoms with Gasteiger partial charge in [-0.2, -0.15) is 0 Å². The summed E-state index contributed by atoms with van der Waals surface area (Å²) in [5, 5.41) is 0. The average Bonchev–Trinajstić information content (AvgIpc) is 2.18. The van der Waals surface area contributed by atoms with Gasteiger partial charge >= 0.3 is 0 Å². The first kappa shape index (κ1) is 10.7. The zero-order chi connectivity index (χ0) is 10.8. The summed E-state index contributed by atoms with van der Waals surface area (Å²) in [6.07, 6.45) is 3.94. The summed E-state index contributed by atoms with van der Waals surface area (Å²) in [5.41, 5.74) is 10.1. The fourth-order valence-corrected chi connectivity index (χ4v) is 2.52. The summed E-state index contributed by atoms with van der Waals surface area (Å²) in [5.74, 6) is 1.63. The van der Waals surface area contributed by atoms with Crippen LogP contribution in [0.1, 0.15) is 29.5 Å². The number of nitrogens with two attached hydrogens (primary N) is 1. The van der Waals surface area contributed by atoms with Gasteiger partial charge in [-0.1, -0.05) is 23.8 Å². The minimum Gasteiger partial charge on any atom is -0.330 e. The highest BCUT2D eigenvalue weighted by Gasteiger charge is 2.29. The summed E-state index contributed by atoms with van der Waals surface area (Å²) in [7, 11) is 0. The summed E-state index contributed by atoms with van der Waals surface area (Å²) in [4.78, 5) is 0. The molecule has 0 saturated heterocycles. The average molecular weight is 203 g/mol. The topological polar surface area (TPSA) is 26.0 Å². The predicted molar refractivity (Wildman–Crippen MR) is 64.9 cm³/mol. The maximum Gasteiger partial charge on any atom is -0.00461 e. The van der Waals surface area contributed by atoms with Gasteiger partial charge in [0.05, 0.1) is 0 Å². The van der Waals surface area contributed by atoms with Crippen LogP contribution < -0.4 is 5.73 Å². The van der Waals surface area contributed by atoms with Gasteiger partial charge in [0.25, 0.3) is 0 Å². The van der Waals surface area contributed by atoms with Gasteiger partial charge in [0.1, 0.15) is 0 Å². The Hall–Kier alpha value is -0.820. The van der Waals surface area contributed by atoms with Crippen LogP contribution in [0.5, 0.6) is 0 Å². The molecule has 0 aliphatic heterocycles. The third-order valence-electron chi connectivity index (χ3n) is 3.86. The minimum atomic E-state index is 0.782. The quantitative estimate of drug-likeness (QED) is 0.803. The van der Waals surface area contributed by atoms with Crippen LogP contribution in [-0.2, 0) is 6.42 Å². The highest BCUT2D eigenvalue weighted by molar-refractivity contribution is 5.31. The monoisotopic (exact) mass is 203 g/mol. The van der Waals surface area contributed by atoms with Crippen LogP contribution in [0, 0.1) is 25.7 Å². The van der Waals surface area contributed by atoms with Gasteiger partial charge in [-0.15, -0.1) is 0 Å². The molecule has 0 spiro atoms. The molecule has 1 heteroatoms. The number of benzene rings is 1. The van der Waals surface area contributed by atoms with Crippen molar-refractivity contribution in [3.8, 4) is 0 Å². The van der Waals surface area contributed by atoms with Crippen LogP contribution in [0.4, 0.5) is 0 Å². The Balaban J connectivity index is 2.07. The van der Waals surface area contributed by atoms with E-state index in [-0.39, 0.29) is 0 Å². The minimum absolute atomic E-state index is 0.782. The van der Waals surface area contributed by atoms with Crippen LogP contribution in [0.2, 0.25) is 0 Å². The van der Waals surface area contributed by atoms with Crippen molar-refractivity contribution in [2.45, 2.75) is 33.1 Å². The van der Waals surface area contributed by atoms with Gasteiger partial charge < -0.3 is 5.73 Å². The molecule has 0 radical (unpaired) electrons. The van der Waals surface area contributed by atoms with Crippen LogP contribution in [0.15, 0.2) is 18.2 Å². The molecule has 0 heterocycles. The van der Waals surface area contributed by atoms with Gasteiger partial charge in [-0.25, -0.2) is 0 Å². The second-order valence-corrected chi connectivity index (χ2v) is 4.97. The zero-order valence-electron chi connectivity index (χ0n) is 9.79. The number of rotatable bonds is 3. The van der Waals surface area contributed by atoms with E-state index in [9.17, 15) is 0 Å². The molecule has 2 N–H and O–H groups in total. The van der Waals surface area contributed by atoms with E-state index in [4.69, 9.17) is 5.73 Å². The molecule has 0 aromatic heterocycles. The molecule has 1 aliphatic carbocycles. The molecule has 0 amide bonds. The summed E-state index contributed by atoms with van der Waals surface area (Å²) in [6.45, 7) is 5.25. The van der Waals surface area contributed by atoms with Gasteiger partial charge in [-0.05, 0) is 62.6 Å². The Morgan fingerprint density at radius 3 is 2.53 bits per heavy atom. The first-order valence-corrected chi connectivity index (χ1v) is 5.97. The molecule has 1 saturated carbocycles. The Kier molecular flexibility index (Phi) is 3.11. The fourth-order valence-electron chi connectivity index (χ4n) is 2.52. The highest BCUT2D eigenvalue weighted by Crippen LogP contribution is 2.36. The first-order valence-electron chi connectivity index (χ1n) is 5.97. The highest BCUT2D eigenvalue weighted by atomic mass is 14.6. The summed E-state index contributed by atoms with van der Waals surface area (Å²) >= 11 is 0. The fraction of sp³-hybridized carbons (Fsp3) is 0.571. The molecule has 1 fully saturated rings. The second kappa shape index (κ2) is 4.36. The molecule has 1 aromatic rings. The van der Waals surface area contributed by atoms with E-state index in [1.165, 1.54) is 36.0 Å². The lowest BCUT2D eigenvalue weighted by atomic mass is 9.70. The summed E-state index contributed by atoms with van der Waals surface area (Å²) in [6, 6.07) is 6.77. The molecule has 0 bridgehead atoms. The Morgan fingerprint density at radius 2 is 1.93 bits per heavy atom. The normalized spacial score (nSPS) is 25.0. The molecule has 1 nitrogen and oxygen atoms in total. The molecule has 2 atom stereocenters. The Bertz CT molecular complexity index is 341. The van der Waals surface area contributed by atoms with Crippen molar-refractivity contribution in [2.24, 2.45) is 17.6 Å². The van der Waals surface area contributed by atoms with Gasteiger partial charge in [0.15, 0.2) is 0 Å². The molecule has 2 rings (SSSR count). The van der Waals surface area contributed by atoms with Gasteiger partial charge in [-0.3, -0.25) is 0 Å². The van der Waals surface area contributed by atoms with Crippen molar-refractivity contribution in [3.63, 3.8) is 0 Å². The maximum atomic E-state index is 5.75. The zero-order valence-corrected chi connectivity index (χ0v) is 9.79. The van der Waals surface area contributed by atoms with Crippen molar-refractivity contribution >= 4 is 0 Å². The second-order valence-electron chi connectivity index (χ2n) is 4.97. The number of hydrogen-bond acceptors (Lipinski definition) is 1. The van der Waals surface area contributed by atoms with E-state index >= 15 is 0 Å². The van der Waals surface area contributed by atoms with E-state index in [0.29, 0.717) is 0 Å². The Labute approximate surface area is 92.7 Å². The maximum absolute atomic E-state index is 5.75. The van der Waals surface area contributed by atoms with Crippen molar-refractivity contribution in [3.05, 3.63) is 34.9 Å². The standard InChI is InChI=1S/C14H21N/c1-10-3-4-11(2)14(7-10)8-12-5-6-13(12)9-15/h3-4,7,12-13H,5-6,8-9,15H2,1-2H3. The van der Waals surface area contributed by atoms with Crippen LogP contribution in [-0.4, -0.2) is 6.54 Å². The van der Waals surface area contributed by atoms with Gasteiger partial charge in [0, 0.05) is 0 Å². The Morgan fingerprint density at radius 1 is 1.20 bits per heavy atom. The molecule has 82 valence electrons. The smallest absolute Gasteiger partial charge is 0.00461 e. The van der Waals surface area contributed by atoms with E-state index in [1.54, 1.807) is 0 Å². The lowest BCUT2D eigenvalue weighted by molar-refractivity contribution is 0.183. The van der Waals surface area contributed by atoms with Crippen molar-refractivity contribution in [1.29, 1.82) is 0 Å². The SMILES string of the molecule is Cc1ccc(C)c(CC2CCC2CN)c1. The third kappa shape index (κ3) is 2.23. The molecule has 2 unspecified atom stereocenters. The molecular formula is C14H21N. The number of hydrogen-bond donors (Lipinski definition) is 1. The van der Waals surface area contributed by atoms with Crippen molar-refractivity contribution < 1.29 is 0 Å². The molecular weight excluding hydrogens is 182 g/mol.